The van der Waals surface area contributed by atoms with Gasteiger partial charge in [-0.15, -0.1) is 0 Å². The Hall–Kier alpha value is -1.51. The van der Waals surface area contributed by atoms with E-state index in [0.717, 1.165) is 42.7 Å². The molecule has 0 spiro atoms. The third kappa shape index (κ3) is 2.60. The number of rotatable bonds is 2. The van der Waals surface area contributed by atoms with Crippen LogP contribution in [0.2, 0.25) is 0 Å². The van der Waals surface area contributed by atoms with E-state index >= 15 is 0 Å². The molecule has 1 aliphatic rings. The number of hydrogen-bond acceptors (Lipinski definition) is 3. The predicted molar refractivity (Wildman–Crippen MR) is 65.6 cm³/mol. The van der Waals surface area contributed by atoms with Gasteiger partial charge in [-0.25, -0.2) is 4.79 Å². The van der Waals surface area contributed by atoms with Crippen molar-refractivity contribution in [1.29, 1.82) is 0 Å². The van der Waals surface area contributed by atoms with Crippen LogP contribution in [0.5, 0.6) is 5.75 Å². The number of fused-ring (bicyclic) bond motifs is 1. The fourth-order valence-corrected chi connectivity index (χ4v) is 2.16. The Bertz CT molecular complexity index is 424. The highest BCUT2D eigenvalue weighted by Crippen LogP contribution is 2.29. The smallest absolute Gasteiger partial charge is 0.338 e. The molecule has 3 heteroatoms. The van der Waals surface area contributed by atoms with Crippen molar-refractivity contribution in [3.05, 3.63) is 28.8 Å². The monoisotopic (exact) mass is 234 g/mol. The second-order valence-electron chi connectivity index (χ2n) is 4.31. The molecule has 0 unspecified atom stereocenters. The highest BCUT2D eigenvalue weighted by atomic mass is 16.5. The maximum atomic E-state index is 11.7. The fraction of sp³-hybridized carbons (Fsp3) is 0.500. The fourth-order valence-electron chi connectivity index (χ4n) is 2.16. The first-order valence-corrected chi connectivity index (χ1v) is 6.16. The van der Waals surface area contributed by atoms with E-state index < -0.39 is 0 Å². The Kier molecular flexibility index (Phi) is 3.67. The van der Waals surface area contributed by atoms with E-state index in [0.29, 0.717) is 12.2 Å². The summed E-state index contributed by atoms with van der Waals surface area (Å²) in [5.74, 6) is 0.707. The van der Waals surface area contributed by atoms with Gasteiger partial charge in [0.1, 0.15) is 5.75 Å². The molecule has 0 bridgehead atoms. The predicted octanol–water partition coefficient (Wildman–Crippen LogP) is 2.89. The standard InChI is InChI=1S/C14H18O3/c1-3-16-14(15)12-8-10(2)13-11(9-12)6-4-5-7-17-13/h8-9H,3-7H2,1-2H3. The Morgan fingerprint density at radius 2 is 2.24 bits per heavy atom. The van der Waals surface area contributed by atoms with Gasteiger partial charge in [-0.3, -0.25) is 0 Å². The maximum absolute atomic E-state index is 11.7. The van der Waals surface area contributed by atoms with Crippen molar-refractivity contribution < 1.29 is 14.3 Å². The maximum Gasteiger partial charge on any atom is 0.338 e. The summed E-state index contributed by atoms with van der Waals surface area (Å²) in [6.45, 7) is 4.97. The number of ether oxygens (including phenoxy) is 2. The molecule has 0 fully saturated rings. The lowest BCUT2D eigenvalue weighted by Crippen LogP contribution is -2.07. The van der Waals surface area contributed by atoms with Crippen molar-refractivity contribution in [2.45, 2.75) is 33.1 Å². The van der Waals surface area contributed by atoms with Crippen LogP contribution in [0.3, 0.4) is 0 Å². The zero-order chi connectivity index (χ0) is 12.3. The van der Waals surface area contributed by atoms with Gasteiger partial charge in [0.2, 0.25) is 0 Å². The molecule has 0 aliphatic carbocycles. The first-order valence-electron chi connectivity index (χ1n) is 6.16. The van der Waals surface area contributed by atoms with Gasteiger partial charge in [0, 0.05) is 0 Å². The van der Waals surface area contributed by atoms with Crippen molar-refractivity contribution in [3.63, 3.8) is 0 Å². The van der Waals surface area contributed by atoms with Gasteiger partial charge in [0.05, 0.1) is 18.8 Å². The molecule has 92 valence electrons. The Morgan fingerprint density at radius 1 is 1.41 bits per heavy atom. The summed E-state index contributed by atoms with van der Waals surface area (Å²) >= 11 is 0. The van der Waals surface area contributed by atoms with E-state index in [4.69, 9.17) is 9.47 Å². The van der Waals surface area contributed by atoms with Crippen molar-refractivity contribution in [1.82, 2.24) is 0 Å². The highest BCUT2D eigenvalue weighted by molar-refractivity contribution is 5.90. The van der Waals surface area contributed by atoms with Crippen LogP contribution in [0.25, 0.3) is 0 Å². The second kappa shape index (κ2) is 5.21. The van der Waals surface area contributed by atoms with Crippen LogP contribution in [0.1, 0.15) is 41.3 Å². The van der Waals surface area contributed by atoms with Crippen molar-refractivity contribution >= 4 is 5.97 Å². The number of carbonyl (C=O) groups excluding carboxylic acids is 1. The minimum atomic E-state index is -0.248. The minimum absolute atomic E-state index is 0.248. The van der Waals surface area contributed by atoms with Crippen LogP contribution in [-0.4, -0.2) is 19.2 Å². The molecule has 0 N–H and O–H groups in total. The lowest BCUT2D eigenvalue weighted by molar-refractivity contribution is 0.0526. The van der Waals surface area contributed by atoms with E-state index in [9.17, 15) is 4.79 Å². The Balaban J connectivity index is 2.35. The molecule has 1 aromatic rings. The summed E-state index contributed by atoms with van der Waals surface area (Å²) in [6.07, 6.45) is 3.16. The molecule has 3 nitrogen and oxygen atoms in total. The van der Waals surface area contributed by atoms with Crippen molar-refractivity contribution in [2.24, 2.45) is 0 Å². The quantitative estimate of drug-likeness (QED) is 0.738. The van der Waals surface area contributed by atoms with Gasteiger partial charge in [0.25, 0.3) is 0 Å². The molecule has 17 heavy (non-hydrogen) atoms. The number of carbonyl (C=O) groups is 1. The third-order valence-electron chi connectivity index (χ3n) is 2.95. The van der Waals surface area contributed by atoms with Gasteiger partial charge in [0.15, 0.2) is 0 Å². The molecule has 0 amide bonds. The van der Waals surface area contributed by atoms with Gasteiger partial charge >= 0.3 is 5.97 Å². The van der Waals surface area contributed by atoms with Crippen LogP contribution in [0.4, 0.5) is 0 Å². The summed E-state index contributed by atoms with van der Waals surface area (Å²) in [5, 5.41) is 0. The summed E-state index contributed by atoms with van der Waals surface area (Å²) < 4.78 is 10.7. The number of aryl methyl sites for hydroxylation is 2. The topological polar surface area (TPSA) is 35.5 Å². The van der Waals surface area contributed by atoms with Gasteiger partial charge in [-0.05, 0) is 56.4 Å². The second-order valence-corrected chi connectivity index (χ2v) is 4.31. The number of benzene rings is 1. The Labute approximate surface area is 102 Å². The molecule has 1 aromatic carbocycles. The van der Waals surface area contributed by atoms with Crippen LogP contribution >= 0.6 is 0 Å². The average molecular weight is 234 g/mol. The minimum Gasteiger partial charge on any atom is -0.493 e. The molecule has 0 saturated carbocycles. The normalized spacial score (nSPS) is 14.5. The van der Waals surface area contributed by atoms with Gasteiger partial charge in [-0.2, -0.15) is 0 Å². The number of hydrogen-bond donors (Lipinski definition) is 0. The lowest BCUT2D eigenvalue weighted by Gasteiger charge is -2.12. The molecule has 1 aliphatic heterocycles. The molecule has 0 saturated heterocycles. The van der Waals surface area contributed by atoms with E-state index in [1.807, 2.05) is 26.0 Å². The van der Waals surface area contributed by atoms with Gasteiger partial charge < -0.3 is 9.47 Å². The first-order chi connectivity index (χ1) is 8.22. The van der Waals surface area contributed by atoms with Crippen LogP contribution < -0.4 is 4.74 Å². The molecule has 1 heterocycles. The zero-order valence-electron chi connectivity index (χ0n) is 10.4. The molecule has 0 radical (unpaired) electrons. The van der Waals surface area contributed by atoms with Crippen LogP contribution in [-0.2, 0) is 11.2 Å². The largest absolute Gasteiger partial charge is 0.493 e. The highest BCUT2D eigenvalue weighted by Gasteiger charge is 2.16. The summed E-state index contributed by atoms with van der Waals surface area (Å²) in [4.78, 5) is 11.7. The molecular weight excluding hydrogens is 216 g/mol. The van der Waals surface area contributed by atoms with Crippen LogP contribution in [0, 0.1) is 6.92 Å². The molecule has 0 atom stereocenters. The zero-order valence-corrected chi connectivity index (χ0v) is 10.4. The molecule has 2 rings (SSSR count). The van der Waals surface area contributed by atoms with Crippen LogP contribution in [0.15, 0.2) is 12.1 Å². The molecule has 0 aromatic heterocycles. The number of esters is 1. The van der Waals surface area contributed by atoms with Gasteiger partial charge in [-0.1, -0.05) is 0 Å². The van der Waals surface area contributed by atoms with E-state index in [-0.39, 0.29) is 5.97 Å². The first kappa shape index (κ1) is 12.0. The SMILES string of the molecule is CCOC(=O)c1cc(C)c2c(c1)CCCCO2. The summed E-state index contributed by atoms with van der Waals surface area (Å²) in [6, 6.07) is 3.76. The van der Waals surface area contributed by atoms with Crippen molar-refractivity contribution in [2.75, 3.05) is 13.2 Å². The Morgan fingerprint density at radius 3 is 3.00 bits per heavy atom. The van der Waals surface area contributed by atoms with Crippen molar-refractivity contribution in [3.8, 4) is 5.75 Å². The average Bonchev–Trinajstić information content (AvgIpc) is 2.54. The van der Waals surface area contributed by atoms with E-state index in [2.05, 4.69) is 0 Å². The third-order valence-corrected chi connectivity index (χ3v) is 2.95. The summed E-state index contributed by atoms with van der Waals surface area (Å²) in [7, 11) is 0. The summed E-state index contributed by atoms with van der Waals surface area (Å²) in [5.41, 5.74) is 2.78. The molecular formula is C14H18O3. The van der Waals surface area contributed by atoms with E-state index in [1.54, 1.807) is 0 Å². The van der Waals surface area contributed by atoms with E-state index in [1.165, 1.54) is 0 Å². The lowest BCUT2D eigenvalue weighted by atomic mass is 10.0.